The van der Waals surface area contributed by atoms with E-state index in [4.69, 9.17) is 13.8 Å². The third-order valence-electron chi connectivity index (χ3n) is 14.3. The highest BCUT2D eigenvalue weighted by atomic mass is 31.2. The van der Waals surface area contributed by atoms with E-state index in [2.05, 4.69) is 99.0 Å². The van der Waals surface area contributed by atoms with Crippen molar-refractivity contribution < 1.29 is 37.3 Å². The lowest BCUT2D eigenvalue weighted by Crippen LogP contribution is -2.47. The maximum atomic E-state index is 13.5. The molecular formula is C69H125N2O7P. The van der Waals surface area contributed by atoms with Gasteiger partial charge in [0.1, 0.15) is 19.3 Å². The van der Waals surface area contributed by atoms with Crippen LogP contribution in [0.2, 0.25) is 0 Å². The van der Waals surface area contributed by atoms with E-state index in [1.807, 2.05) is 33.3 Å². The summed E-state index contributed by atoms with van der Waals surface area (Å²) in [6.07, 6.45) is 76.9. The van der Waals surface area contributed by atoms with Crippen molar-refractivity contribution in [1.82, 2.24) is 5.32 Å². The van der Waals surface area contributed by atoms with E-state index in [1.165, 1.54) is 167 Å². The van der Waals surface area contributed by atoms with Crippen LogP contribution in [0.4, 0.5) is 0 Å². The summed E-state index contributed by atoms with van der Waals surface area (Å²) in [5.41, 5.74) is 0. The number of phosphoric acid groups is 1. The van der Waals surface area contributed by atoms with E-state index in [-0.39, 0.29) is 31.3 Å². The molecule has 0 saturated heterocycles. The molecule has 1 N–H and O–H groups in total. The van der Waals surface area contributed by atoms with Crippen LogP contribution >= 0.6 is 7.82 Å². The second-order valence-electron chi connectivity index (χ2n) is 23.3. The largest absolute Gasteiger partial charge is 0.756 e. The molecule has 0 aromatic heterocycles. The molecule has 0 aliphatic carbocycles. The number of allylic oxidation sites excluding steroid dienone is 13. The molecule has 0 heterocycles. The molecule has 1 amide bonds. The van der Waals surface area contributed by atoms with E-state index < -0.39 is 26.6 Å². The molecule has 0 saturated carbocycles. The lowest BCUT2D eigenvalue weighted by molar-refractivity contribution is -0.870. The van der Waals surface area contributed by atoms with Crippen LogP contribution in [0.3, 0.4) is 0 Å². The Kier molecular flexibility index (Phi) is 56.3. The third kappa shape index (κ3) is 59.6. The van der Waals surface area contributed by atoms with Crippen LogP contribution in [0.1, 0.15) is 290 Å². The SMILES string of the molecule is CCCCC/C=C\C/C=C\C/C=C\C/C=C\CCCCCC(=O)NC(COP(=O)([O-])OCC[N+](C)(C)C)C(/C=C/CCCCCCCCCCCCC)OC(=O)CCCCCCCCCCCCC/C=C\C/C=C\CCCCC. The Morgan fingerprint density at radius 1 is 0.443 bits per heavy atom. The van der Waals surface area contributed by atoms with Gasteiger partial charge in [-0.1, -0.05) is 254 Å². The van der Waals surface area contributed by atoms with Gasteiger partial charge in [0, 0.05) is 12.8 Å². The Hall–Kier alpha value is -2.81. The van der Waals surface area contributed by atoms with Gasteiger partial charge in [-0.05, 0) is 109 Å². The number of esters is 1. The molecule has 0 aliphatic rings. The number of ether oxygens (including phenoxy) is 1. The van der Waals surface area contributed by atoms with Crippen LogP contribution < -0.4 is 10.2 Å². The maximum absolute atomic E-state index is 13.5. The summed E-state index contributed by atoms with van der Waals surface area (Å²) in [6.45, 7) is 6.78. The van der Waals surface area contributed by atoms with Crippen LogP contribution in [-0.4, -0.2) is 69.4 Å². The Bertz CT molecular complexity index is 1630. The molecule has 0 spiro atoms. The number of quaternary nitrogens is 1. The fraction of sp³-hybridized carbons (Fsp3) is 0.768. The van der Waals surface area contributed by atoms with Crippen molar-refractivity contribution in [3.05, 3.63) is 85.1 Å². The van der Waals surface area contributed by atoms with Gasteiger partial charge in [0.15, 0.2) is 0 Å². The second kappa shape index (κ2) is 58.4. The summed E-state index contributed by atoms with van der Waals surface area (Å²) in [4.78, 5) is 40.1. The fourth-order valence-corrected chi connectivity index (χ4v) is 9.91. The van der Waals surface area contributed by atoms with Gasteiger partial charge in [-0.2, -0.15) is 0 Å². The number of likely N-dealkylation sites (N-methyl/N-ethyl adjacent to an activating group) is 1. The number of nitrogens with one attached hydrogen (secondary N) is 1. The van der Waals surface area contributed by atoms with Gasteiger partial charge >= 0.3 is 5.97 Å². The molecule has 0 aromatic rings. The van der Waals surface area contributed by atoms with Gasteiger partial charge in [-0.3, -0.25) is 14.2 Å². The van der Waals surface area contributed by atoms with E-state index >= 15 is 0 Å². The van der Waals surface area contributed by atoms with Crippen molar-refractivity contribution in [2.75, 3.05) is 40.9 Å². The van der Waals surface area contributed by atoms with E-state index in [0.717, 1.165) is 83.5 Å². The number of rotatable bonds is 59. The molecule has 10 heteroatoms. The number of carbonyl (C=O) groups excluding carboxylic acids is 2. The summed E-state index contributed by atoms with van der Waals surface area (Å²) in [5, 5.41) is 3.02. The van der Waals surface area contributed by atoms with Gasteiger partial charge in [0.25, 0.3) is 7.82 Å². The smallest absolute Gasteiger partial charge is 0.306 e. The zero-order valence-electron chi connectivity index (χ0n) is 52.3. The number of hydrogen-bond donors (Lipinski definition) is 1. The van der Waals surface area contributed by atoms with Crippen molar-refractivity contribution in [2.45, 2.75) is 303 Å². The molecule has 9 nitrogen and oxygen atoms in total. The molecule has 0 bridgehead atoms. The Morgan fingerprint density at radius 3 is 1.19 bits per heavy atom. The summed E-state index contributed by atoms with van der Waals surface area (Å²) < 4.78 is 30.4. The zero-order valence-corrected chi connectivity index (χ0v) is 53.2. The van der Waals surface area contributed by atoms with Crippen molar-refractivity contribution in [3.8, 4) is 0 Å². The number of phosphoric ester groups is 1. The van der Waals surface area contributed by atoms with Crippen LogP contribution in [0.5, 0.6) is 0 Å². The Labute approximate surface area is 488 Å². The molecule has 3 unspecified atom stereocenters. The predicted octanol–water partition coefficient (Wildman–Crippen LogP) is 19.9. The minimum absolute atomic E-state index is 0.0319. The zero-order chi connectivity index (χ0) is 57.9. The topological polar surface area (TPSA) is 114 Å². The molecule has 0 aliphatic heterocycles. The molecule has 0 radical (unpaired) electrons. The number of hydrogen-bond acceptors (Lipinski definition) is 7. The monoisotopic (exact) mass is 1120 g/mol. The van der Waals surface area contributed by atoms with Crippen molar-refractivity contribution in [3.63, 3.8) is 0 Å². The standard InChI is InChI=1S/C69H125N2O7P/c1-7-10-13-16-19-22-25-28-30-32-34-35-37-39-41-44-47-50-53-56-59-62-69(73)78-67(60-57-54-51-48-45-42-27-24-21-18-15-12-9-3)66(65-77-79(74,75)76-64-63-71(4,5)6)70-68(72)61-58-55-52-49-46-43-40-38-36-33-31-29-26-23-20-17-14-11-8-2/h19-20,22-23,28-31,36,38,43,46,57,60,66-67H,7-18,21,24-27,32-35,37,39-42,44-45,47-56,58-59,61-65H2,1-6H3,(H-,70,72,74,75)/b22-19-,23-20-,30-28-,31-29-,38-36-,46-43-,60-57+. The first kappa shape index (κ1) is 76.2. The van der Waals surface area contributed by atoms with Gasteiger partial charge in [-0.25, -0.2) is 0 Å². The lowest BCUT2D eigenvalue weighted by Gasteiger charge is -2.30. The quantitative estimate of drug-likeness (QED) is 0.0212. The molecule has 458 valence electrons. The fourth-order valence-electron chi connectivity index (χ4n) is 9.18. The van der Waals surface area contributed by atoms with E-state index in [9.17, 15) is 19.0 Å². The predicted molar refractivity (Wildman–Crippen MR) is 339 cm³/mol. The molecule has 0 fully saturated rings. The number of carbonyl (C=O) groups is 2. The average molecular weight is 1130 g/mol. The average Bonchev–Trinajstić information content (AvgIpc) is 3.41. The first-order valence-electron chi connectivity index (χ1n) is 32.9. The van der Waals surface area contributed by atoms with Crippen molar-refractivity contribution in [2.24, 2.45) is 0 Å². The third-order valence-corrected chi connectivity index (χ3v) is 15.3. The first-order valence-corrected chi connectivity index (χ1v) is 34.4. The van der Waals surface area contributed by atoms with Crippen LogP contribution in [0, 0.1) is 0 Å². The minimum Gasteiger partial charge on any atom is -0.756 e. The molecule has 79 heavy (non-hydrogen) atoms. The van der Waals surface area contributed by atoms with Crippen molar-refractivity contribution in [1.29, 1.82) is 0 Å². The molecular weight excluding hydrogens is 1000 g/mol. The van der Waals surface area contributed by atoms with Crippen LogP contribution in [-0.2, 0) is 27.9 Å². The summed E-state index contributed by atoms with van der Waals surface area (Å²) in [7, 11) is 1.16. The van der Waals surface area contributed by atoms with Gasteiger partial charge in [0.2, 0.25) is 5.91 Å². The number of unbranched alkanes of at least 4 members (excludes halogenated alkanes) is 31. The highest BCUT2D eigenvalue weighted by Gasteiger charge is 2.27. The highest BCUT2D eigenvalue weighted by Crippen LogP contribution is 2.38. The normalized spacial score (nSPS) is 14.2. The molecule has 3 atom stereocenters. The molecule has 0 rings (SSSR count). The van der Waals surface area contributed by atoms with Crippen molar-refractivity contribution >= 4 is 19.7 Å². The molecule has 0 aromatic carbocycles. The summed E-state index contributed by atoms with van der Waals surface area (Å²) in [5.74, 6) is -0.576. The summed E-state index contributed by atoms with van der Waals surface area (Å²) >= 11 is 0. The number of amides is 1. The van der Waals surface area contributed by atoms with Gasteiger partial charge in [-0.15, -0.1) is 0 Å². The Balaban J connectivity index is 5.28. The Morgan fingerprint density at radius 2 is 0.772 bits per heavy atom. The minimum atomic E-state index is -4.71. The lowest BCUT2D eigenvalue weighted by atomic mass is 10.0. The first-order chi connectivity index (χ1) is 38.4. The van der Waals surface area contributed by atoms with Crippen LogP contribution in [0.15, 0.2) is 85.1 Å². The highest BCUT2D eigenvalue weighted by molar-refractivity contribution is 7.45. The second-order valence-corrected chi connectivity index (χ2v) is 24.7. The number of nitrogens with zero attached hydrogens (tertiary/aromatic N) is 1. The van der Waals surface area contributed by atoms with E-state index in [1.54, 1.807) is 0 Å². The summed E-state index contributed by atoms with van der Waals surface area (Å²) in [6, 6.07) is -0.910. The van der Waals surface area contributed by atoms with E-state index in [0.29, 0.717) is 17.4 Å². The maximum Gasteiger partial charge on any atom is 0.306 e. The van der Waals surface area contributed by atoms with Gasteiger partial charge in [0.05, 0.1) is 33.8 Å². The van der Waals surface area contributed by atoms with Gasteiger partial charge < -0.3 is 28.5 Å². The van der Waals surface area contributed by atoms with Crippen LogP contribution in [0.25, 0.3) is 0 Å².